The summed E-state index contributed by atoms with van der Waals surface area (Å²) in [4.78, 5) is 15.7. The van der Waals surface area contributed by atoms with Crippen molar-refractivity contribution in [3.8, 4) is 5.75 Å². The number of ether oxygens (including phenoxy) is 1. The number of guanidine groups is 1. The van der Waals surface area contributed by atoms with E-state index in [1.54, 1.807) is 0 Å². The van der Waals surface area contributed by atoms with Crippen LogP contribution in [-0.2, 0) is 11.3 Å². The fourth-order valence-corrected chi connectivity index (χ4v) is 1.99. The summed E-state index contributed by atoms with van der Waals surface area (Å²) in [5.74, 6) is 1.41. The van der Waals surface area contributed by atoms with Gasteiger partial charge in [0.05, 0.1) is 6.54 Å². The zero-order valence-corrected chi connectivity index (χ0v) is 12.5. The van der Waals surface area contributed by atoms with E-state index in [9.17, 15) is 4.79 Å². The molecule has 0 saturated carbocycles. The van der Waals surface area contributed by atoms with Crippen LogP contribution in [0.5, 0.6) is 5.75 Å². The van der Waals surface area contributed by atoms with Crippen molar-refractivity contribution in [3.05, 3.63) is 29.8 Å². The molecule has 2 rings (SSSR count). The molecule has 1 aromatic rings. The Morgan fingerprint density at radius 2 is 2.38 bits per heavy atom. The molecule has 21 heavy (non-hydrogen) atoms. The predicted octanol–water partition coefficient (Wildman–Crippen LogP) is 0.639. The van der Waals surface area contributed by atoms with Gasteiger partial charge in [-0.2, -0.15) is 0 Å². The summed E-state index contributed by atoms with van der Waals surface area (Å²) in [5, 5.41) is 9.19. The van der Waals surface area contributed by atoms with Crippen LogP contribution in [0.4, 0.5) is 0 Å². The number of carbonyl (C=O) groups is 1. The molecular formula is C15H22N4O2. The fraction of sp³-hybridized carbons (Fsp3) is 0.467. The van der Waals surface area contributed by atoms with E-state index in [4.69, 9.17) is 4.74 Å². The summed E-state index contributed by atoms with van der Waals surface area (Å²) >= 11 is 0. The highest BCUT2D eigenvalue weighted by molar-refractivity contribution is 5.81. The molecule has 0 radical (unpaired) electrons. The lowest BCUT2D eigenvalue weighted by Crippen LogP contribution is -2.37. The zero-order chi connectivity index (χ0) is 15.1. The van der Waals surface area contributed by atoms with Crippen LogP contribution in [0, 0.1) is 0 Å². The molecule has 1 aromatic carbocycles. The molecule has 6 nitrogen and oxygen atoms in total. The first-order valence-corrected chi connectivity index (χ1v) is 7.20. The summed E-state index contributed by atoms with van der Waals surface area (Å²) in [6.07, 6.45) is 0. The SMILES string of the molecule is CCNC(=O)COc1cccc(CNC2=NCC(C)N2)c1. The first kappa shape index (κ1) is 15.2. The van der Waals surface area contributed by atoms with Gasteiger partial charge in [-0.15, -0.1) is 0 Å². The van der Waals surface area contributed by atoms with Gasteiger partial charge in [0, 0.05) is 19.1 Å². The normalized spacial score (nSPS) is 16.9. The minimum Gasteiger partial charge on any atom is -0.484 e. The first-order chi connectivity index (χ1) is 10.2. The largest absolute Gasteiger partial charge is 0.484 e. The number of likely N-dealkylation sites (N-methyl/N-ethyl adjacent to an activating group) is 1. The number of carbonyl (C=O) groups excluding carboxylic acids is 1. The summed E-state index contributed by atoms with van der Waals surface area (Å²) in [6, 6.07) is 8.07. The number of benzene rings is 1. The number of hydrogen-bond donors (Lipinski definition) is 3. The number of nitrogens with one attached hydrogen (secondary N) is 3. The average molecular weight is 290 g/mol. The van der Waals surface area contributed by atoms with Crippen molar-refractivity contribution in [1.82, 2.24) is 16.0 Å². The van der Waals surface area contributed by atoms with Crippen molar-refractivity contribution in [1.29, 1.82) is 0 Å². The van der Waals surface area contributed by atoms with Crippen molar-refractivity contribution < 1.29 is 9.53 Å². The Bertz CT molecular complexity index is 516. The van der Waals surface area contributed by atoms with Gasteiger partial charge in [0.15, 0.2) is 12.6 Å². The Morgan fingerprint density at radius 1 is 1.52 bits per heavy atom. The number of rotatable bonds is 6. The van der Waals surface area contributed by atoms with E-state index < -0.39 is 0 Å². The molecule has 0 saturated heterocycles. The van der Waals surface area contributed by atoms with Crippen LogP contribution in [0.2, 0.25) is 0 Å². The zero-order valence-electron chi connectivity index (χ0n) is 12.5. The fourth-order valence-electron chi connectivity index (χ4n) is 1.99. The van der Waals surface area contributed by atoms with Crippen LogP contribution in [-0.4, -0.2) is 37.6 Å². The standard InChI is InChI=1S/C15H22N4O2/c1-3-16-14(20)10-21-13-6-4-5-12(7-13)9-18-15-17-8-11(2)19-15/h4-7,11H,3,8-10H2,1-2H3,(H,16,20)(H2,17,18,19). The molecule has 0 aliphatic carbocycles. The van der Waals surface area contributed by atoms with Crippen molar-refractivity contribution in [2.24, 2.45) is 4.99 Å². The van der Waals surface area contributed by atoms with Gasteiger partial charge in [-0.1, -0.05) is 12.1 Å². The van der Waals surface area contributed by atoms with Crippen LogP contribution in [0.1, 0.15) is 19.4 Å². The Hall–Kier alpha value is -2.24. The second kappa shape index (κ2) is 7.52. The van der Waals surface area contributed by atoms with Gasteiger partial charge < -0.3 is 20.7 Å². The lowest BCUT2D eigenvalue weighted by molar-refractivity contribution is -0.122. The molecule has 0 bridgehead atoms. The van der Waals surface area contributed by atoms with E-state index in [1.165, 1.54) is 0 Å². The maximum atomic E-state index is 11.4. The second-order valence-corrected chi connectivity index (χ2v) is 4.98. The van der Waals surface area contributed by atoms with Crippen LogP contribution < -0.4 is 20.7 Å². The molecule has 3 N–H and O–H groups in total. The Kier molecular flexibility index (Phi) is 5.43. The van der Waals surface area contributed by atoms with Gasteiger partial charge in [-0.05, 0) is 31.5 Å². The van der Waals surface area contributed by atoms with Gasteiger partial charge in [-0.25, -0.2) is 0 Å². The van der Waals surface area contributed by atoms with E-state index in [1.807, 2.05) is 31.2 Å². The minimum absolute atomic E-state index is 0.0382. The summed E-state index contributed by atoms with van der Waals surface area (Å²) < 4.78 is 5.46. The molecule has 0 aromatic heterocycles. The van der Waals surface area contributed by atoms with Gasteiger partial charge in [0.1, 0.15) is 5.75 Å². The summed E-state index contributed by atoms with van der Waals surface area (Å²) in [7, 11) is 0. The van der Waals surface area contributed by atoms with Gasteiger partial charge in [0.25, 0.3) is 5.91 Å². The molecule has 1 unspecified atom stereocenters. The third kappa shape index (κ3) is 4.98. The summed E-state index contributed by atoms with van der Waals surface area (Å²) in [5.41, 5.74) is 1.08. The molecular weight excluding hydrogens is 268 g/mol. The number of nitrogens with zero attached hydrogens (tertiary/aromatic N) is 1. The number of aliphatic imine (C=N–C) groups is 1. The van der Waals surface area contributed by atoms with Gasteiger partial charge in [-0.3, -0.25) is 9.79 Å². The monoisotopic (exact) mass is 290 g/mol. The van der Waals surface area contributed by atoms with Crippen molar-refractivity contribution in [2.75, 3.05) is 19.7 Å². The Labute approximate surface area is 125 Å². The van der Waals surface area contributed by atoms with Gasteiger partial charge >= 0.3 is 0 Å². The van der Waals surface area contributed by atoms with E-state index in [2.05, 4.69) is 27.9 Å². The van der Waals surface area contributed by atoms with E-state index in [0.717, 1.165) is 18.1 Å². The minimum atomic E-state index is -0.112. The topological polar surface area (TPSA) is 74.8 Å². The van der Waals surface area contributed by atoms with Crippen molar-refractivity contribution >= 4 is 11.9 Å². The first-order valence-electron chi connectivity index (χ1n) is 7.20. The van der Waals surface area contributed by atoms with Crippen molar-refractivity contribution in [3.63, 3.8) is 0 Å². The molecule has 1 atom stereocenters. The Balaban J connectivity index is 1.81. The van der Waals surface area contributed by atoms with E-state index in [0.29, 0.717) is 24.9 Å². The molecule has 1 amide bonds. The second-order valence-electron chi connectivity index (χ2n) is 4.98. The van der Waals surface area contributed by atoms with E-state index in [-0.39, 0.29) is 12.5 Å². The molecule has 1 aliphatic rings. The molecule has 114 valence electrons. The third-order valence-corrected chi connectivity index (χ3v) is 3.01. The highest BCUT2D eigenvalue weighted by atomic mass is 16.5. The molecule has 0 spiro atoms. The maximum absolute atomic E-state index is 11.4. The molecule has 0 fully saturated rings. The number of hydrogen-bond acceptors (Lipinski definition) is 5. The molecule has 6 heteroatoms. The van der Waals surface area contributed by atoms with Crippen LogP contribution in [0.3, 0.4) is 0 Å². The van der Waals surface area contributed by atoms with Crippen LogP contribution in [0.15, 0.2) is 29.3 Å². The molecule has 1 aliphatic heterocycles. The lowest BCUT2D eigenvalue weighted by atomic mass is 10.2. The lowest BCUT2D eigenvalue weighted by Gasteiger charge is -2.10. The van der Waals surface area contributed by atoms with Crippen LogP contribution in [0.25, 0.3) is 0 Å². The highest BCUT2D eigenvalue weighted by Crippen LogP contribution is 2.13. The maximum Gasteiger partial charge on any atom is 0.257 e. The smallest absolute Gasteiger partial charge is 0.257 e. The van der Waals surface area contributed by atoms with Gasteiger partial charge in [0.2, 0.25) is 0 Å². The summed E-state index contributed by atoms with van der Waals surface area (Å²) in [6.45, 7) is 6.09. The number of amides is 1. The highest BCUT2D eigenvalue weighted by Gasteiger charge is 2.11. The van der Waals surface area contributed by atoms with Crippen LogP contribution >= 0.6 is 0 Å². The third-order valence-electron chi connectivity index (χ3n) is 3.01. The quantitative estimate of drug-likeness (QED) is 0.719. The molecule has 1 heterocycles. The predicted molar refractivity (Wildman–Crippen MR) is 82.4 cm³/mol. The van der Waals surface area contributed by atoms with Crippen molar-refractivity contribution in [2.45, 2.75) is 26.4 Å². The Morgan fingerprint density at radius 3 is 3.10 bits per heavy atom. The average Bonchev–Trinajstić information content (AvgIpc) is 2.89. The van der Waals surface area contributed by atoms with E-state index >= 15 is 0 Å².